The Labute approximate surface area is 337 Å². The fraction of sp³-hybridized carbons (Fsp3) is 0.255. The fourth-order valence-corrected chi connectivity index (χ4v) is 7.76. The molecule has 10 heteroatoms. The Morgan fingerprint density at radius 3 is 2.11 bits per heavy atom. The molecule has 0 unspecified atom stereocenters. The van der Waals surface area contributed by atoms with Gasteiger partial charge in [-0.05, 0) is 40.7 Å². The molecule has 0 bridgehead atoms. The van der Waals surface area contributed by atoms with Crippen LogP contribution in [0, 0.1) is 0 Å². The van der Waals surface area contributed by atoms with Crippen LogP contribution in [0.1, 0.15) is 73.2 Å². The van der Waals surface area contributed by atoms with Crippen molar-refractivity contribution in [1.82, 2.24) is 10.3 Å². The molecular formula is C47H46N2O7S. The molecule has 292 valence electrons. The number of carboxylic acid groups (broad SMARTS) is 1. The molecular weight excluding hydrogens is 737 g/mol. The molecule has 57 heavy (non-hydrogen) atoms. The molecule has 0 spiro atoms. The smallest absolute Gasteiger partial charge is 0.303 e. The van der Waals surface area contributed by atoms with Crippen LogP contribution in [0.2, 0.25) is 0 Å². The maximum Gasteiger partial charge on any atom is 0.303 e. The number of ether oxygens (including phenoxy) is 2. The van der Waals surface area contributed by atoms with Crippen molar-refractivity contribution in [2.24, 2.45) is 0 Å². The van der Waals surface area contributed by atoms with Gasteiger partial charge in [-0.3, -0.25) is 9.59 Å². The van der Waals surface area contributed by atoms with Crippen LogP contribution in [0.4, 0.5) is 0 Å². The van der Waals surface area contributed by atoms with E-state index in [-0.39, 0.29) is 31.1 Å². The summed E-state index contributed by atoms with van der Waals surface area (Å²) in [6.07, 6.45) is 2.00. The number of amides is 1. The van der Waals surface area contributed by atoms with Gasteiger partial charge in [0.1, 0.15) is 5.69 Å². The minimum absolute atomic E-state index is 0.0269. The highest BCUT2D eigenvalue weighted by Gasteiger charge is 2.33. The number of benzene rings is 5. The van der Waals surface area contributed by atoms with Gasteiger partial charge >= 0.3 is 5.97 Å². The van der Waals surface area contributed by atoms with Crippen molar-refractivity contribution >= 4 is 23.6 Å². The summed E-state index contributed by atoms with van der Waals surface area (Å²) in [5.74, 6) is 0.459. The predicted octanol–water partition coefficient (Wildman–Crippen LogP) is 10.2. The highest BCUT2D eigenvalue weighted by atomic mass is 32.2. The lowest BCUT2D eigenvalue weighted by molar-refractivity contribution is -0.245. The molecule has 9 nitrogen and oxygen atoms in total. The Balaban J connectivity index is 1.06. The Morgan fingerprint density at radius 2 is 1.39 bits per heavy atom. The van der Waals surface area contributed by atoms with Gasteiger partial charge in [-0.15, -0.1) is 0 Å². The minimum atomic E-state index is -0.810. The van der Waals surface area contributed by atoms with Crippen molar-refractivity contribution in [2.45, 2.75) is 75.4 Å². The number of aliphatic hydroxyl groups is 1. The molecule has 1 aliphatic rings. The number of aliphatic hydroxyl groups excluding tert-OH is 1. The second kappa shape index (κ2) is 19.6. The molecule has 3 N–H and O–H groups in total. The van der Waals surface area contributed by atoms with Crippen molar-refractivity contribution in [3.8, 4) is 33.7 Å². The molecule has 7 rings (SSSR count). The van der Waals surface area contributed by atoms with Gasteiger partial charge in [-0.25, -0.2) is 4.98 Å². The molecule has 1 saturated heterocycles. The van der Waals surface area contributed by atoms with Crippen LogP contribution in [-0.4, -0.2) is 38.9 Å². The van der Waals surface area contributed by atoms with Crippen LogP contribution in [0.5, 0.6) is 0 Å². The van der Waals surface area contributed by atoms with E-state index >= 15 is 0 Å². The molecule has 0 radical (unpaired) electrons. The standard InChI is InChI=1S/C47H46N2O7S/c50-30-32-20-22-34(23-21-32)41-28-39(31-57-47-49-44(35-12-4-1-5-13-35)45(56-47)36-14-6-2-7-15-36)54-46(55-41)37-26-24-33(25-27-37)40-17-11-10-16-38(40)29-48-42(51)18-8-3-9-19-43(52)53/h1-2,4-7,10-17,20-27,39,41,46,50H,3,8-9,18-19,28-31H2,(H,48,51)(H,52,53)/t39-,41+,46+/m1/s1. The van der Waals surface area contributed by atoms with Crippen LogP contribution in [-0.2, 0) is 32.2 Å². The summed E-state index contributed by atoms with van der Waals surface area (Å²) >= 11 is 1.52. The van der Waals surface area contributed by atoms with Crippen LogP contribution in [0.3, 0.4) is 0 Å². The van der Waals surface area contributed by atoms with Gasteiger partial charge in [0.05, 0.1) is 18.8 Å². The van der Waals surface area contributed by atoms with Crippen molar-refractivity contribution in [2.75, 3.05) is 5.75 Å². The van der Waals surface area contributed by atoms with Gasteiger partial charge in [0.2, 0.25) is 5.91 Å². The van der Waals surface area contributed by atoms with E-state index in [2.05, 4.69) is 17.4 Å². The summed E-state index contributed by atoms with van der Waals surface area (Å²) in [7, 11) is 0. The highest BCUT2D eigenvalue weighted by molar-refractivity contribution is 7.99. The third-order valence-electron chi connectivity index (χ3n) is 9.98. The predicted molar refractivity (Wildman–Crippen MR) is 221 cm³/mol. The number of hydrogen-bond donors (Lipinski definition) is 3. The van der Waals surface area contributed by atoms with Crippen molar-refractivity contribution < 1.29 is 33.7 Å². The van der Waals surface area contributed by atoms with E-state index in [0.29, 0.717) is 49.6 Å². The normalized spacial score (nSPS) is 16.6. The number of thioether (sulfide) groups is 1. The molecule has 6 aromatic rings. The number of rotatable bonds is 17. The number of carbonyl (C=O) groups excluding carboxylic acids is 1. The first kappa shape index (κ1) is 39.7. The molecule has 0 saturated carbocycles. The lowest BCUT2D eigenvalue weighted by Gasteiger charge is -2.36. The Bertz CT molecular complexity index is 2150. The van der Waals surface area contributed by atoms with Crippen LogP contribution in [0.25, 0.3) is 33.7 Å². The lowest BCUT2D eigenvalue weighted by atomic mass is 9.97. The van der Waals surface area contributed by atoms with Crippen molar-refractivity contribution in [3.63, 3.8) is 0 Å². The molecule has 3 atom stereocenters. The van der Waals surface area contributed by atoms with E-state index in [0.717, 1.165) is 56.0 Å². The number of nitrogens with one attached hydrogen (secondary N) is 1. The first-order valence-corrected chi connectivity index (χ1v) is 20.3. The van der Waals surface area contributed by atoms with Gasteiger partial charge in [0, 0.05) is 48.3 Å². The fourth-order valence-electron chi connectivity index (χ4n) is 6.92. The third-order valence-corrected chi connectivity index (χ3v) is 10.9. The first-order chi connectivity index (χ1) is 27.9. The molecule has 1 amide bonds. The Morgan fingerprint density at radius 1 is 0.719 bits per heavy atom. The van der Waals surface area contributed by atoms with Crippen LogP contribution < -0.4 is 5.32 Å². The number of unbranched alkanes of at least 4 members (excludes halogenated alkanes) is 2. The molecule has 1 aromatic heterocycles. The number of hydrogen-bond acceptors (Lipinski definition) is 8. The van der Waals surface area contributed by atoms with E-state index in [9.17, 15) is 14.7 Å². The van der Waals surface area contributed by atoms with Gasteiger partial charge in [0.15, 0.2) is 12.1 Å². The minimum Gasteiger partial charge on any atom is -0.481 e. The summed E-state index contributed by atoms with van der Waals surface area (Å²) in [6, 6.07) is 44.1. The zero-order valence-electron chi connectivity index (χ0n) is 31.6. The van der Waals surface area contributed by atoms with Crippen LogP contribution >= 0.6 is 11.8 Å². The van der Waals surface area contributed by atoms with Crippen LogP contribution in [0.15, 0.2) is 143 Å². The Hall–Kier alpha value is -5.52. The topological polar surface area (TPSA) is 131 Å². The molecule has 0 aliphatic carbocycles. The SMILES string of the molecule is O=C(O)CCCCCC(=O)NCc1ccccc1-c1ccc([C@H]2O[C@@H](CSc3nc(-c4ccccc4)c(-c4ccccc4)o3)C[C@@H](c3ccc(CO)cc3)O2)cc1. The maximum absolute atomic E-state index is 12.6. The Kier molecular flexibility index (Phi) is 13.6. The number of oxazole rings is 1. The summed E-state index contributed by atoms with van der Waals surface area (Å²) in [5, 5.41) is 22.1. The van der Waals surface area contributed by atoms with Gasteiger partial charge in [0.25, 0.3) is 5.22 Å². The summed E-state index contributed by atoms with van der Waals surface area (Å²) in [5.41, 5.74) is 8.49. The van der Waals surface area contributed by atoms with E-state index < -0.39 is 12.3 Å². The average Bonchev–Trinajstić information content (AvgIpc) is 3.70. The second-order valence-electron chi connectivity index (χ2n) is 14.1. The summed E-state index contributed by atoms with van der Waals surface area (Å²) < 4.78 is 19.7. The molecule has 1 aliphatic heterocycles. The number of aromatic nitrogens is 1. The van der Waals surface area contributed by atoms with Crippen molar-refractivity contribution in [3.05, 3.63) is 156 Å². The lowest BCUT2D eigenvalue weighted by Crippen LogP contribution is -2.31. The second-order valence-corrected chi connectivity index (χ2v) is 15.0. The number of carboxylic acids is 1. The van der Waals surface area contributed by atoms with E-state index in [1.807, 2.05) is 121 Å². The quantitative estimate of drug-likeness (QED) is 0.0611. The molecule has 2 heterocycles. The highest BCUT2D eigenvalue weighted by Crippen LogP contribution is 2.41. The van der Waals surface area contributed by atoms with Crippen molar-refractivity contribution in [1.29, 1.82) is 0 Å². The maximum atomic E-state index is 12.6. The van der Waals surface area contributed by atoms with Gasteiger partial charge < -0.3 is 29.4 Å². The van der Waals surface area contributed by atoms with E-state index in [1.165, 1.54) is 11.8 Å². The number of carbonyl (C=O) groups is 2. The summed E-state index contributed by atoms with van der Waals surface area (Å²) in [6.45, 7) is 0.363. The monoisotopic (exact) mass is 782 g/mol. The zero-order chi connectivity index (χ0) is 39.4. The number of aliphatic carboxylic acids is 1. The largest absolute Gasteiger partial charge is 0.481 e. The van der Waals surface area contributed by atoms with E-state index in [4.69, 9.17) is 24.0 Å². The van der Waals surface area contributed by atoms with E-state index in [1.54, 1.807) is 0 Å². The molecule has 1 fully saturated rings. The zero-order valence-corrected chi connectivity index (χ0v) is 32.4. The molecule has 5 aromatic carbocycles. The van der Waals surface area contributed by atoms with Gasteiger partial charge in [-0.2, -0.15) is 0 Å². The number of nitrogens with zero attached hydrogens (tertiary/aromatic N) is 1. The third kappa shape index (κ3) is 10.7. The van der Waals surface area contributed by atoms with Gasteiger partial charge in [-0.1, -0.05) is 152 Å². The first-order valence-electron chi connectivity index (χ1n) is 19.4. The average molecular weight is 783 g/mol. The summed E-state index contributed by atoms with van der Waals surface area (Å²) in [4.78, 5) is 28.3.